The van der Waals surface area contributed by atoms with Gasteiger partial charge in [-0.05, 0) is 0 Å². The van der Waals surface area contributed by atoms with Crippen LogP contribution in [0.1, 0.15) is 0 Å². The van der Waals surface area contributed by atoms with Gasteiger partial charge in [0.2, 0.25) is 0 Å². The first-order chi connectivity index (χ1) is 12.1. The first kappa shape index (κ1) is 58.5. The van der Waals surface area contributed by atoms with Gasteiger partial charge in [-0.15, -0.1) is 0 Å². The van der Waals surface area contributed by atoms with Crippen molar-refractivity contribution in [2.45, 2.75) is 0 Å². The molecule has 0 amide bonds. The number of rotatable bonds is 0. The molecule has 0 atom stereocenters. The zero-order chi connectivity index (χ0) is 25.0. The predicted octanol–water partition coefficient (Wildman–Crippen LogP) is -25.3. The van der Waals surface area contributed by atoms with Crippen LogP contribution in [0.3, 0.4) is 0 Å². The number of halogens is 7. The molecule has 0 heterocycles. The summed E-state index contributed by atoms with van der Waals surface area (Å²) in [5.74, 6) is 0. The van der Waals surface area contributed by atoms with E-state index in [2.05, 4.69) is 0 Å². The van der Waals surface area contributed by atoms with Crippen LogP contribution in [0.2, 0.25) is 0 Å². The SMILES string of the molecule is [Er+3].[O-][Cl+2]([O-])[O-].[O-][Cl+2]([O-])[O-].[O-][Cl+2]([O-])[O-].[O-][Cl+2]([O-])[O-].[O-][Cl+2]([O-])[O-].[O-][Cl+2]([O-])[O-].[O-][Cl+2]([O-])[O-].[Si+4]. The van der Waals surface area contributed by atoms with E-state index in [1.54, 1.807) is 0 Å². The minimum absolute atomic E-state index is 0. The maximum absolute atomic E-state index is 8.41. The monoisotopic (exact) mass is 775 g/mol. The molecule has 1 radical (unpaired) electrons. The standard InChI is InChI=1S/7ClO3.Er.Si/c7*2-1(3)4;;/q7*-1;+3;+4. The van der Waals surface area contributed by atoms with Gasteiger partial charge in [-0.1, -0.05) is 0 Å². The summed E-state index contributed by atoms with van der Waals surface area (Å²) in [7, 11) is -20.0. The van der Waals surface area contributed by atoms with Gasteiger partial charge in [-0.25, -0.2) is 0 Å². The van der Waals surface area contributed by atoms with E-state index in [1.165, 1.54) is 0 Å². The molecule has 0 bridgehead atoms. The molecule has 0 aliphatic rings. The molecule has 30 heavy (non-hydrogen) atoms. The van der Waals surface area contributed by atoms with Gasteiger partial charge in [0.25, 0.3) is 0 Å². The minimum Gasteiger partial charge on any atom is -0.357 e. The van der Waals surface area contributed by atoms with Crippen molar-refractivity contribution in [1.82, 2.24) is 0 Å². The van der Waals surface area contributed by atoms with Crippen LogP contribution in [-0.4, -0.2) is 11.0 Å². The second kappa shape index (κ2) is 53.2. The average molecular weight is 779 g/mol. The van der Waals surface area contributed by atoms with Gasteiger partial charge in [0, 0.05) is 0 Å². The first-order valence-electron chi connectivity index (χ1n) is 3.24. The molecule has 0 aromatic rings. The van der Waals surface area contributed by atoms with E-state index in [1.807, 2.05) is 0 Å². The molecule has 0 N–H and O–H groups in total. The molecule has 0 spiro atoms. The summed E-state index contributed by atoms with van der Waals surface area (Å²) in [5.41, 5.74) is 0. The number of hydrogen-bond acceptors (Lipinski definition) is 21. The summed E-state index contributed by atoms with van der Waals surface area (Å²) in [6.45, 7) is 0. The largest absolute Gasteiger partial charge is 4.00 e. The van der Waals surface area contributed by atoms with Crippen LogP contribution in [-0.2, 0) is 0 Å². The third kappa shape index (κ3) is 3830. The van der Waals surface area contributed by atoms with Gasteiger partial charge in [-0.3, -0.25) is 0 Å². The number of hydrogen-bond donors (Lipinski definition) is 0. The molecule has 191 valence electrons. The summed E-state index contributed by atoms with van der Waals surface area (Å²) >= 11 is 0. The van der Waals surface area contributed by atoms with Crippen LogP contribution in [0.4, 0.5) is 0 Å². The van der Waals surface area contributed by atoms with Gasteiger partial charge >= 0.3 is 48.3 Å². The van der Waals surface area contributed by atoms with Crippen LogP contribution in [0, 0.1) is 113 Å². The second-order valence-corrected chi connectivity index (χ2v) is 3.97. The smallest absolute Gasteiger partial charge is 0.357 e. The van der Waals surface area contributed by atoms with Crippen molar-refractivity contribution in [2.75, 3.05) is 0 Å². The normalized spacial score (nSPS) is 8.40. The van der Waals surface area contributed by atoms with Crippen LogP contribution in [0.25, 0.3) is 0 Å². The Balaban J connectivity index is -0.0000000242. The molecule has 0 unspecified atom stereocenters. The molecular weight excluding hydrogens is 779 g/mol. The molecule has 21 nitrogen and oxygen atoms in total. The van der Waals surface area contributed by atoms with E-state index in [0.717, 1.165) is 0 Å². The maximum atomic E-state index is 8.41. The van der Waals surface area contributed by atoms with Crippen LogP contribution in [0.15, 0.2) is 0 Å². The fraction of sp³-hybridized carbons (Fsp3) is 0. The van der Waals surface area contributed by atoms with Gasteiger partial charge < -0.3 is 97.8 Å². The fourth-order valence-electron chi connectivity index (χ4n) is 0. The first-order valence-corrected chi connectivity index (χ1v) is 9.72. The van der Waals surface area contributed by atoms with Gasteiger partial charge in [0.15, 0.2) is 0 Å². The Kier molecular flexibility index (Phi) is 104. The summed E-state index contributed by atoms with van der Waals surface area (Å²) in [5, 5.41) is 0. The van der Waals surface area contributed by atoms with Crippen molar-refractivity contribution in [2.24, 2.45) is 0 Å². The minimum atomic E-state index is -2.85. The van der Waals surface area contributed by atoms with Crippen molar-refractivity contribution in [3.63, 3.8) is 0 Å². The Morgan fingerprint density at radius 1 is 0.200 bits per heavy atom. The van der Waals surface area contributed by atoms with Gasteiger partial charge in [0.05, 0.1) is 75.5 Å². The maximum Gasteiger partial charge on any atom is 4.00 e. The van der Waals surface area contributed by atoms with Crippen molar-refractivity contribution in [3.8, 4) is 0 Å². The molecule has 0 saturated heterocycles. The average Bonchev–Trinajstić information content (AvgIpc) is 2.20. The summed E-state index contributed by atoms with van der Waals surface area (Å²) in [4.78, 5) is 0. The Bertz CT molecular complexity index is 128. The van der Waals surface area contributed by atoms with Crippen LogP contribution < -0.4 is 97.8 Å². The Morgan fingerprint density at radius 3 is 0.200 bits per heavy atom. The van der Waals surface area contributed by atoms with Crippen LogP contribution >= 0.6 is 0 Å². The molecule has 0 aromatic heterocycles. The zero-order valence-corrected chi connectivity index (χ0v) is 20.2. The van der Waals surface area contributed by atoms with Crippen molar-refractivity contribution in [1.29, 1.82) is 0 Å². The van der Waals surface area contributed by atoms with Crippen molar-refractivity contribution >= 4 is 11.0 Å². The van der Waals surface area contributed by atoms with Gasteiger partial charge in [-0.2, -0.15) is 0 Å². The van der Waals surface area contributed by atoms with E-state index in [0.29, 0.717) is 0 Å². The van der Waals surface area contributed by atoms with E-state index in [-0.39, 0.29) is 48.3 Å². The quantitative estimate of drug-likeness (QED) is 0.206. The molecule has 0 rings (SSSR count). The van der Waals surface area contributed by atoms with Gasteiger partial charge in [0.1, 0.15) is 0 Å². The summed E-state index contributed by atoms with van der Waals surface area (Å²) in [6.07, 6.45) is 0. The van der Waals surface area contributed by atoms with Crippen molar-refractivity contribution in [3.05, 3.63) is 0 Å². The molecule has 0 saturated carbocycles. The Labute approximate surface area is 219 Å². The molecular formula is Cl7ErO21Si. The second-order valence-electron chi connectivity index (χ2n) is 1.32. The molecule has 0 fully saturated rings. The van der Waals surface area contributed by atoms with Crippen molar-refractivity contribution < 1.29 is 211 Å². The van der Waals surface area contributed by atoms with E-state index < -0.39 is 75.5 Å². The van der Waals surface area contributed by atoms with E-state index >= 15 is 0 Å². The summed E-state index contributed by atoms with van der Waals surface area (Å²) < 4.78 is 177. The third-order valence-electron chi connectivity index (χ3n) is 0. The zero-order valence-electron chi connectivity index (χ0n) is 12.0. The Morgan fingerprint density at radius 2 is 0.200 bits per heavy atom. The predicted molar refractivity (Wildman–Crippen MR) is 5.75 cm³/mol. The molecule has 0 aliphatic carbocycles. The van der Waals surface area contributed by atoms with E-state index in [9.17, 15) is 0 Å². The molecule has 0 aliphatic heterocycles. The van der Waals surface area contributed by atoms with Crippen LogP contribution in [0.5, 0.6) is 0 Å². The van der Waals surface area contributed by atoms with E-state index in [4.69, 9.17) is 97.8 Å². The molecule has 30 heteroatoms. The molecule has 0 aromatic carbocycles. The fourth-order valence-corrected chi connectivity index (χ4v) is 0. The third-order valence-corrected chi connectivity index (χ3v) is 0. The Hall–Kier alpha value is 2.65. The summed E-state index contributed by atoms with van der Waals surface area (Å²) in [6, 6.07) is 0. The topological polar surface area (TPSA) is 484 Å².